The highest BCUT2D eigenvalue weighted by Crippen LogP contribution is 2.45. The molecule has 2 atom stereocenters. The number of hydrogen-bond donors (Lipinski definition) is 2. The van der Waals surface area contributed by atoms with E-state index in [2.05, 4.69) is 0 Å². The van der Waals surface area contributed by atoms with Crippen molar-refractivity contribution in [3.63, 3.8) is 0 Å². The van der Waals surface area contributed by atoms with Crippen LogP contribution in [0, 0.1) is 0 Å². The molecule has 0 amide bonds. The van der Waals surface area contributed by atoms with Crippen molar-refractivity contribution in [1.82, 2.24) is 9.55 Å². The van der Waals surface area contributed by atoms with Crippen molar-refractivity contribution in [3.8, 4) is 17.1 Å². The Morgan fingerprint density at radius 3 is 2.88 bits per heavy atom. The minimum atomic E-state index is -1.84. The fraction of sp³-hybridized carbons (Fsp3) is 0.375. The van der Waals surface area contributed by atoms with E-state index in [-0.39, 0.29) is 24.6 Å². The van der Waals surface area contributed by atoms with Crippen molar-refractivity contribution >= 4 is 16.9 Å². The molecule has 164 valence electrons. The Balaban J connectivity index is 1.68. The molecule has 2 aliphatic heterocycles. The largest absolute Gasteiger partial charge is 0.496 e. The van der Waals surface area contributed by atoms with Crippen molar-refractivity contribution in [2.24, 2.45) is 5.73 Å². The fourth-order valence-electron chi connectivity index (χ4n) is 5.55. The van der Waals surface area contributed by atoms with E-state index in [9.17, 15) is 14.7 Å². The molecule has 0 saturated heterocycles. The van der Waals surface area contributed by atoms with Crippen molar-refractivity contribution in [2.45, 2.75) is 51.0 Å². The van der Waals surface area contributed by atoms with Crippen molar-refractivity contribution < 1.29 is 19.4 Å². The summed E-state index contributed by atoms with van der Waals surface area (Å²) in [6, 6.07) is 5.39. The quantitative estimate of drug-likeness (QED) is 0.465. The predicted octanol–water partition coefficient (Wildman–Crippen LogP) is 2.03. The number of cyclic esters (lactones) is 1. The SMILES string of the molecule is CC[C@@]1(O)C(=O)OCc2c1cc1n(c2=O)Cc2c-1nc1ccc(OC)c3c1c2C(N)CC3. The highest BCUT2D eigenvalue weighted by atomic mass is 16.6. The molecule has 0 fully saturated rings. The van der Waals surface area contributed by atoms with Crippen LogP contribution >= 0.6 is 0 Å². The van der Waals surface area contributed by atoms with Crippen LogP contribution in [0.1, 0.15) is 53.6 Å². The van der Waals surface area contributed by atoms with Crippen LogP contribution in [0.25, 0.3) is 22.3 Å². The first-order valence-electron chi connectivity index (χ1n) is 10.8. The Morgan fingerprint density at radius 2 is 2.12 bits per heavy atom. The second kappa shape index (κ2) is 6.40. The van der Waals surface area contributed by atoms with Crippen LogP contribution in [-0.2, 0) is 34.7 Å². The van der Waals surface area contributed by atoms with Gasteiger partial charge in [-0.25, -0.2) is 9.78 Å². The van der Waals surface area contributed by atoms with E-state index >= 15 is 0 Å². The summed E-state index contributed by atoms with van der Waals surface area (Å²) in [7, 11) is 1.66. The summed E-state index contributed by atoms with van der Waals surface area (Å²) >= 11 is 0. The first-order valence-corrected chi connectivity index (χ1v) is 10.8. The van der Waals surface area contributed by atoms with Gasteiger partial charge < -0.3 is 24.9 Å². The van der Waals surface area contributed by atoms with Gasteiger partial charge >= 0.3 is 5.97 Å². The van der Waals surface area contributed by atoms with Crippen LogP contribution in [0.3, 0.4) is 0 Å². The Hall–Kier alpha value is -3.23. The zero-order valence-electron chi connectivity index (χ0n) is 17.9. The van der Waals surface area contributed by atoms with E-state index in [1.165, 1.54) is 0 Å². The molecule has 1 aliphatic carbocycles. The maximum atomic E-state index is 13.4. The smallest absolute Gasteiger partial charge is 0.343 e. The van der Waals surface area contributed by atoms with Crippen LogP contribution in [0.5, 0.6) is 5.75 Å². The molecule has 1 aromatic carbocycles. The summed E-state index contributed by atoms with van der Waals surface area (Å²) in [6.45, 7) is 1.89. The molecule has 3 aliphatic rings. The molecule has 0 bridgehead atoms. The molecule has 8 nitrogen and oxygen atoms in total. The van der Waals surface area contributed by atoms with E-state index in [1.54, 1.807) is 24.7 Å². The molecule has 1 unspecified atom stereocenters. The van der Waals surface area contributed by atoms with Gasteiger partial charge in [0.05, 0.1) is 36.1 Å². The number of rotatable bonds is 2. The maximum Gasteiger partial charge on any atom is 0.343 e. The number of hydrogen-bond acceptors (Lipinski definition) is 7. The zero-order valence-corrected chi connectivity index (χ0v) is 17.9. The molecule has 3 aromatic rings. The average molecular weight is 433 g/mol. The van der Waals surface area contributed by atoms with Crippen LogP contribution in [0.2, 0.25) is 0 Å². The van der Waals surface area contributed by atoms with E-state index in [4.69, 9.17) is 20.2 Å². The number of nitrogens with zero attached hydrogens (tertiary/aromatic N) is 2. The third-order valence-corrected chi connectivity index (χ3v) is 7.26. The van der Waals surface area contributed by atoms with E-state index < -0.39 is 11.6 Å². The zero-order chi connectivity index (χ0) is 22.4. The van der Waals surface area contributed by atoms with Crippen LogP contribution in [-0.4, -0.2) is 27.7 Å². The normalized spacial score (nSPS) is 22.9. The van der Waals surface area contributed by atoms with Crippen molar-refractivity contribution in [1.29, 1.82) is 0 Å². The molecule has 0 saturated carbocycles. The summed E-state index contributed by atoms with van der Waals surface area (Å²) < 4.78 is 12.4. The standard InChI is InChI=1S/C24H23N3O5/c1-3-24(30)14-8-17-21-12(9-27(17)22(28)13(14)10-32-23(24)29)19-15(25)5-4-11-18(31-2)7-6-16(26-21)20(11)19/h6-8,15,30H,3-5,9-10,25H2,1-2H3/t15?,24-/m0/s1. The molecule has 0 radical (unpaired) electrons. The number of aryl methyl sites for hydroxylation is 1. The molecule has 4 heterocycles. The average Bonchev–Trinajstić information content (AvgIpc) is 3.17. The lowest BCUT2D eigenvalue weighted by Gasteiger charge is -2.31. The number of benzene rings is 1. The number of esters is 1. The number of nitrogens with two attached hydrogens (primary N) is 1. The van der Waals surface area contributed by atoms with Crippen molar-refractivity contribution in [3.05, 3.63) is 56.4 Å². The monoisotopic (exact) mass is 433 g/mol. The van der Waals surface area contributed by atoms with Crippen LogP contribution < -0.4 is 16.0 Å². The Bertz CT molecular complexity index is 1410. The number of aromatic nitrogens is 2. The summed E-state index contributed by atoms with van der Waals surface area (Å²) in [5.74, 6) is 0.0922. The van der Waals surface area contributed by atoms with Crippen LogP contribution in [0.4, 0.5) is 0 Å². The van der Waals surface area contributed by atoms with Gasteiger partial charge in [-0.2, -0.15) is 0 Å². The summed E-state index contributed by atoms with van der Waals surface area (Å²) in [5, 5.41) is 12.1. The molecule has 8 heteroatoms. The lowest BCUT2D eigenvalue weighted by molar-refractivity contribution is -0.172. The van der Waals surface area contributed by atoms with Gasteiger partial charge in [-0.1, -0.05) is 6.92 Å². The first-order chi connectivity index (χ1) is 15.4. The van der Waals surface area contributed by atoms with Gasteiger partial charge in [0.2, 0.25) is 0 Å². The summed E-state index contributed by atoms with van der Waals surface area (Å²) in [4.78, 5) is 30.7. The predicted molar refractivity (Wildman–Crippen MR) is 116 cm³/mol. The molecule has 6 rings (SSSR count). The fourth-order valence-corrected chi connectivity index (χ4v) is 5.55. The molecule has 0 spiro atoms. The summed E-state index contributed by atoms with van der Waals surface area (Å²) in [5.41, 5.74) is 10.2. The Labute approximate surface area is 183 Å². The highest BCUT2D eigenvalue weighted by molar-refractivity contribution is 5.93. The second-order valence-electron chi connectivity index (χ2n) is 8.74. The topological polar surface area (TPSA) is 117 Å². The summed E-state index contributed by atoms with van der Waals surface area (Å²) in [6.07, 6.45) is 1.69. The second-order valence-corrected chi connectivity index (χ2v) is 8.74. The number of carbonyl (C=O) groups is 1. The molecule has 2 aromatic heterocycles. The third-order valence-electron chi connectivity index (χ3n) is 7.26. The number of ether oxygens (including phenoxy) is 2. The lowest BCUT2D eigenvalue weighted by atomic mass is 9.83. The van der Waals surface area contributed by atoms with E-state index in [0.29, 0.717) is 29.1 Å². The van der Waals surface area contributed by atoms with E-state index in [0.717, 1.165) is 46.2 Å². The third kappa shape index (κ3) is 2.26. The Morgan fingerprint density at radius 1 is 1.31 bits per heavy atom. The number of methoxy groups -OCH3 is 1. The minimum absolute atomic E-state index is 0.110. The van der Waals surface area contributed by atoms with Gasteiger partial charge in [0.25, 0.3) is 5.56 Å². The number of carbonyl (C=O) groups excluding carboxylic acids is 1. The lowest BCUT2D eigenvalue weighted by Crippen LogP contribution is -2.44. The number of pyridine rings is 2. The molecule has 3 N–H and O–H groups in total. The Kier molecular flexibility index (Phi) is 3.89. The number of aliphatic hydroxyl groups is 1. The van der Waals surface area contributed by atoms with Gasteiger partial charge in [0.1, 0.15) is 12.4 Å². The van der Waals surface area contributed by atoms with E-state index in [1.807, 2.05) is 12.1 Å². The van der Waals surface area contributed by atoms with Gasteiger partial charge in [0.15, 0.2) is 5.60 Å². The molecular formula is C24H23N3O5. The highest BCUT2D eigenvalue weighted by Gasteiger charge is 2.45. The van der Waals surface area contributed by atoms with Gasteiger partial charge in [0, 0.05) is 28.1 Å². The molecular weight excluding hydrogens is 410 g/mol. The maximum absolute atomic E-state index is 13.4. The van der Waals surface area contributed by atoms with Gasteiger partial charge in [-0.15, -0.1) is 0 Å². The minimum Gasteiger partial charge on any atom is -0.496 e. The van der Waals surface area contributed by atoms with Crippen LogP contribution in [0.15, 0.2) is 23.0 Å². The van der Waals surface area contributed by atoms with Gasteiger partial charge in [-0.3, -0.25) is 4.79 Å². The number of fused-ring (bicyclic) bond motifs is 5. The first kappa shape index (κ1) is 19.5. The molecule has 32 heavy (non-hydrogen) atoms. The van der Waals surface area contributed by atoms with Gasteiger partial charge in [-0.05, 0) is 43.0 Å². The van der Waals surface area contributed by atoms with Crippen molar-refractivity contribution in [2.75, 3.05) is 7.11 Å².